The van der Waals surface area contributed by atoms with Gasteiger partial charge in [0.1, 0.15) is 0 Å². The van der Waals surface area contributed by atoms with Gasteiger partial charge >= 0.3 is 5.97 Å². The molecule has 0 aromatic heterocycles. The molecule has 0 saturated heterocycles. The predicted molar refractivity (Wildman–Crippen MR) is 77.2 cm³/mol. The van der Waals surface area contributed by atoms with Crippen LogP contribution in [0, 0.1) is 0 Å². The van der Waals surface area contributed by atoms with Gasteiger partial charge in [-0.25, -0.2) is 0 Å². The van der Waals surface area contributed by atoms with Gasteiger partial charge in [0.15, 0.2) is 0 Å². The van der Waals surface area contributed by atoms with Crippen molar-refractivity contribution in [3.63, 3.8) is 0 Å². The van der Waals surface area contributed by atoms with Crippen LogP contribution in [0.3, 0.4) is 0 Å². The van der Waals surface area contributed by atoms with Gasteiger partial charge < -0.3 is 10.8 Å². The molecule has 3 heteroatoms. The molecule has 2 unspecified atom stereocenters. The first kappa shape index (κ1) is 13.6. The van der Waals surface area contributed by atoms with Gasteiger partial charge in [-0.15, -0.1) is 0 Å². The van der Waals surface area contributed by atoms with Crippen LogP contribution in [-0.2, 0) is 4.79 Å². The van der Waals surface area contributed by atoms with Gasteiger partial charge in [0, 0.05) is 12.0 Å². The molecule has 0 fully saturated rings. The quantitative estimate of drug-likeness (QED) is 0.865. The second kappa shape index (κ2) is 5.85. The molecule has 0 amide bonds. The molecule has 100 valence electrons. The number of benzene rings is 2. The molecular formula is C16H19NO2. The van der Waals surface area contributed by atoms with Gasteiger partial charge in [0.25, 0.3) is 0 Å². The lowest BCUT2D eigenvalue weighted by atomic mass is 9.85. The summed E-state index contributed by atoms with van der Waals surface area (Å²) in [4.78, 5) is 11.1. The summed E-state index contributed by atoms with van der Waals surface area (Å²) in [5.74, 6) is -0.949. The van der Waals surface area contributed by atoms with Crippen LogP contribution in [0.1, 0.15) is 31.2 Å². The minimum atomic E-state index is -0.804. The van der Waals surface area contributed by atoms with Gasteiger partial charge in [-0.3, -0.25) is 4.79 Å². The van der Waals surface area contributed by atoms with Gasteiger partial charge in [-0.1, -0.05) is 49.4 Å². The number of carbonyl (C=O) groups is 1. The van der Waals surface area contributed by atoms with Gasteiger partial charge in [-0.2, -0.15) is 0 Å². The van der Waals surface area contributed by atoms with Gasteiger partial charge in [0.05, 0.1) is 6.42 Å². The van der Waals surface area contributed by atoms with E-state index in [-0.39, 0.29) is 18.4 Å². The Kier molecular flexibility index (Phi) is 4.17. The Morgan fingerprint density at radius 1 is 1.21 bits per heavy atom. The lowest BCUT2D eigenvalue weighted by Crippen LogP contribution is -2.29. The maximum Gasteiger partial charge on any atom is 0.304 e. The standard InChI is InChI=1S/C16H19NO2/c1-2-15(17)14(10-16(18)19)13-9-5-7-11-6-3-4-8-12(11)13/h3-9,14-15H,2,10,17H2,1H3,(H,18,19). The smallest absolute Gasteiger partial charge is 0.304 e. The number of hydrogen-bond donors (Lipinski definition) is 2. The minimum Gasteiger partial charge on any atom is -0.481 e. The molecule has 3 N–H and O–H groups in total. The molecule has 2 aromatic carbocycles. The first-order valence-electron chi connectivity index (χ1n) is 6.58. The largest absolute Gasteiger partial charge is 0.481 e. The summed E-state index contributed by atoms with van der Waals surface area (Å²) in [5.41, 5.74) is 7.16. The Morgan fingerprint density at radius 2 is 1.89 bits per heavy atom. The molecule has 2 aromatic rings. The minimum absolute atomic E-state index is 0.0724. The van der Waals surface area contributed by atoms with Crippen molar-refractivity contribution in [2.24, 2.45) is 5.73 Å². The molecule has 0 spiro atoms. The van der Waals surface area contributed by atoms with E-state index in [9.17, 15) is 4.79 Å². The maximum absolute atomic E-state index is 11.1. The van der Waals surface area contributed by atoms with Crippen molar-refractivity contribution in [2.45, 2.75) is 31.7 Å². The normalized spacial score (nSPS) is 14.2. The number of nitrogens with two attached hydrogens (primary N) is 1. The highest BCUT2D eigenvalue weighted by molar-refractivity contribution is 5.86. The van der Waals surface area contributed by atoms with E-state index in [0.29, 0.717) is 0 Å². The summed E-state index contributed by atoms with van der Waals surface area (Å²) in [6, 6.07) is 13.9. The first-order valence-corrected chi connectivity index (χ1v) is 6.58. The molecule has 0 aliphatic heterocycles. The number of carboxylic acids is 1. The molecule has 3 nitrogen and oxygen atoms in total. The fourth-order valence-electron chi connectivity index (χ4n) is 2.54. The number of rotatable bonds is 5. The Labute approximate surface area is 113 Å². The zero-order valence-electron chi connectivity index (χ0n) is 11.0. The van der Waals surface area contributed by atoms with Gasteiger partial charge in [0.2, 0.25) is 0 Å². The van der Waals surface area contributed by atoms with E-state index in [4.69, 9.17) is 10.8 Å². The SMILES string of the molecule is CCC(N)C(CC(=O)O)c1cccc2ccccc12. The number of fused-ring (bicyclic) bond motifs is 1. The Bertz CT molecular complexity index is 574. The Hall–Kier alpha value is -1.87. The number of hydrogen-bond acceptors (Lipinski definition) is 2. The molecule has 0 heterocycles. The summed E-state index contributed by atoms with van der Waals surface area (Å²) in [6.45, 7) is 1.99. The third-order valence-electron chi connectivity index (χ3n) is 3.61. The second-order valence-electron chi connectivity index (χ2n) is 4.84. The fraction of sp³-hybridized carbons (Fsp3) is 0.312. The topological polar surface area (TPSA) is 63.3 Å². The lowest BCUT2D eigenvalue weighted by molar-refractivity contribution is -0.137. The average molecular weight is 257 g/mol. The van der Waals surface area contributed by atoms with Crippen molar-refractivity contribution >= 4 is 16.7 Å². The van der Waals surface area contributed by atoms with Crippen molar-refractivity contribution in [1.82, 2.24) is 0 Å². The Balaban J connectivity index is 2.52. The molecule has 0 radical (unpaired) electrons. The van der Waals surface area contributed by atoms with Crippen LogP contribution in [0.5, 0.6) is 0 Å². The van der Waals surface area contributed by atoms with Crippen molar-refractivity contribution in [2.75, 3.05) is 0 Å². The molecule has 0 aliphatic carbocycles. The van der Waals surface area contributed by atoms with Gasteiger partial charge in [-0.05, 0) is 22.8 Å². The van der Waals surface area contributed by atoms with Crippen LogP contribution >= 0.6 is 0 Å². The van der Waals surface area contributed by atoms with E-state index in [1.807, 2.05) is 49.4 Å². The van der Waals surface area contributed by atoms with E-state index in [1.165, 1.54) is 0 Å². The molecule has 19 heavy (non-hydrogen) atoms. The summed E-state index contributed by atoms with van der Waals surface area (Å²) in [6.07, 6.45) is 0.837. The average Bonchev–Trinajstić information content (AvgIpc) is 2.43. The van der Waals surface area contributed by atoms with Crippen LogP contribution in [-0.4, -0.2) is 17.1 Å². The van der Waals surface area contributed by atoms with E-state index in [2.05, 4.69) is 0 Å². The summed E-state index contributed by atoms with van der Waals surface area (Å²) in [7, 11) is 0. The molecule has 0 bridgehead atoms. The van der Waals surface area contributed by atoms with E-state index in [0.717, 1.165) is 22.8 Å². The second-order valence-corrected chi connectivity index (χ2v) is 4.84. The van der Waals surface area contributed by atoms with Crippen LogP contribution in [0.25, 0.3) is 10.8 Å². The summed E-state index contributed by atoms with van der Waals surface area (Å²) in [5, 5.41) is 11.3. The van der Waals surface area contributed by atoms with Crippen molar-refractivity contribution < 1.29 is 9.90 Å². The molecule has 0 aliphatic rings. The molecular weight excluding hydrogens is 238 g/mol. The first-order chi connectivity index (χ1) is 9.13. The monoisotopic (exact) mass is 257 g/mol. The molecule has 0 saturated carbocycles. The summed E-state index contributed by atoms with van der Waals surface area (Å²) < 4.78 is 0. The number of carboxylic acid groups (broad SMARTS) is 1. The van der Waals surface area contributed by atoms with E-state index < -0.39 is 5.97 Å². The van der Waals surface area contributed by atoms with Crippen molar-refractivity contribution in [3.05, 3.63) is 48.0 Å². The van der Waals surface area contributed by atoms with Crippen LogP contribution in [0.2, 0.25) is 0 Å². The van der Waals surface area contributed by atoms with E-state index in [1.54, 1.807) is 0 Å². The zero-order chi connectivity index (χ0) is 13.8. The maximum atomic E-state index is 11.1. The lowest BCUT2D eigenvalue weighted by Gasteiger charge is -2.23. The van der Waals surface area contributed by atoms with Crippen LogP contribution in [0.4, 0.5) is 0 Å². The highest BCUT2D eigenvalue weighted by atomic mass is 16.4. The predicted octanol–water partition coefficient (Wildman–Crippen LogP) is 3.14. The Morgan fingerprint density at radius 3 is 2.58 bits per heavy atom. The fourth-order valence-corrected chi connectivity index (χ4v) is 2.54. The third-order valence-corrected chi connectivity index (χ3v) is 3.61. The van der Waals surface area contributed by atoms with Crippen molar-refractivity contribution in [3.8, 4) is 0 Å². The number of aliphatic carboxylic acids is 1. The van der Waals surface area contributed by atoms with Crippen LogP contribution in [0.15, 0.2) is 42.5 Å². The highest BCUT2D eigenvalue weighted by Crippen LogP contribution is 2.30. The zero-order valence-corrected chi connectivity index (χ0v) is 11.0. The highest BCUT2D eigenvalue weighted by Gasteiger charge is 2.23. The van der Waals surface area contributed by atoms with E-state index >= 15 is 0 Å². The van der Waals surface area contributed by atoms with Crippen LogP contribution < -0.4 is 5.73 Å². The molecule has 2 rings (SSSR count). The summed E-state index contributed by atoms with van der Waals surface area (Å²) >= 11 is 0. The molecule has 2 atom stereocenters. The third kappa shape index (κ3) is 2.93. The van der Waals surface area contributed by atoms with Crippen molar-refractivity contribution in [1.29, 1.82) is 0 Å².